The minimum Gasteiger partial charge on any atom is -0.491 e. The molecule has 2 rings (SSSR count). The lowest BCUT2D eigenvalue weighted by molar-refractivity contribution is 0.101. The quantitative estimate of drug-likeness (QED) is 0.457. The van der Waals surface area contributed by atoms with Crippen LogP contribution in [0.5, 0.6) is 5.75 Å². The van der Waals surface area contributed by atoms with Gasteiger partial charge in [-0.2, -0.15) is 0 Å². The van der Waals surface area contributed by atoms with E-state index in [0.29, 0.717) is 24.6 Å². The molecular formula is C16H18N2O3S. The first kappa shape index (κ1) is 16.3. The van der Waals surface area contributed by atoms with E-state index in [1.807, 2.05) is 24.3 Å². The van der Waals surface area contributed by atoms with Crippen LogP contribution in [0.15, 0.2) is 47.5 Å². The number of carbonyl (C=O) groups is 1. The van der Waals surface area contributed by atoms with Crippen LogP contribution in [0.1, 0.15) is 17.3 Å². The van der Waals surface area contributed by atoms with Crippen molar-refractivity contribution < 1.29 is 14.3 Å². The largest absolute Gasteiger partial charge is 0.491 e. The topological polar surface area (TPSA) is 60.5 Å². The minimum atomic E-state index is 0.00997. The number of nitrogens with one attached hydrogen (secondary N) is 1. The number of ether oxygens (including phenoxy) is 2. The summed E-state index contributed by atoms with van der Waals surface area (Å²) < 4.78 is 13.6. The predicted octanol–water partition coefficient (Wildman–Crippen LogP) is 3.43. The van der Waals surface area contributed by atoms with Gasteiger partial charge in [0.2, 0.25) is 0 Å². The van der Waals surface area contributed by atoms with Gasteiger partial charge in [0.25, 0.3) is 0 Å². The van der Waals surface area contributed by atoms with E-state index in [-0.39, 0.29) is 5.78 Å². The molecule has 1 heterocycles. The molecule has 0 atom stereocenters. The summed E-state index contributed by atoms with van der Waals surface area (Å²) in [7, 11) is 1.64. The molecular weight excluding hydrogens is 300 g/mol. The molecule has 1 aromatic heterocycles. The third-order valence-corrected chi connectivity index (χ3v) is 3.64. The summed E-state index contributed by atoms with van der Waals surface area (Å²) in [5, 5.41) is 0. The van der Waals surface area contributed by atoms with Gasteiger partial charge in [0.05, 0.1) is 6.61 Å². The summed E-state index contributed by atoms with van der Waals surface area (Å²) in [5.74, 6) is 1.52. The third-order valence-electron chi connectivity index (χ3n) is 2.82. The van der Waals surface area contributed by atoms with Crippen molar-refractivity contribution in [3.05, 3.63) is 48.2 Å². The van der Waals surface area contributed by atoms with Gasteiger partial charge >= 0.3 is 0 Å². The Bertz CT molecular complexity index is 600. The average molecular weight is 318 g/mol. The first-order chi connectivity index (χ1) is 10.7. The van der Waals surface area contributed by atoms with Crippen LogP contribution >= 0.6 is 11.9 Å². The van der Waals surface area contributed by atoms with E-state index in [0.717, 1.165) is 10.6 Å². The second-order valence-corrected chi connectivity index (χ2v) is 5.38. The second kappa shape index (κ2) is 8.41. The van der Waals surface area contributed by atoms with Crippen molar-refractivity contribution >= 4 is 23.5 Å². The van der Waals surface area contributed by atoms with Crippen molar-refractivity contribution in [2.75, 3.05) is 25.0 Å². The Balaban J connectivity index is 1.84. The number of aromatic nitrogens is 1. The fourth-order valence-corrected chi connectivity index (χ4v) is 2.24. The van der Waals surface area contributed by atoms with Crippen LogP contribution in [0.25, 0.3) is 0 Å². The molecule has 0 aliphatic carbocycles. The maximum absolute atomic E-state index is 11.2. The van der Waals surface area contributed by atoms with Crippen molar-refractivity contribution in [1.29, 1.82) is 0 Å². The molecule has 0 saturated heterocycles. The maximum Gasteiger partial charge on any atom is 0.161 e. The highest BCUT2D eigenvalue weighted by atomic mass is 32.2. The van der Waals surface area contributed by atoms with Gasteiger partial charge in [0.1, 0.15) is 18.2 Å². The van der Waals surface area contributed by atoms with Gasteiger partial charge < -0.3 is 14.2 Å². The lowest BCUT2D eigenvalue weighted by atomic mass is 10.2. The average Bonchev–Trinajstić information content (AvgIpc) is 2.55. The fraction of sp³-hybridized carbons (Fsp3) is 0.250. The van der Waals surface area contributed by atoms with E-state index in [2.05, 4.69) is 9.71 Å². The molecule has 116 valence electrons. The Morgan fingerprint density at radius 1 is 1.18 bits per heavy atom. The molecule has 0 unspecified atom stereocenters. The SMILES string of the molecule is COCCOc1ccc(SNc2ccc(C(C)=O)cn2)cc1. The monoisotopic (exact) mass is 318 g/mol. The van der Waals surface area contributed by atoms with Gasteiger partial charge in [-0.15, -0.1) is 0 Å². The van der Waals surface area contributed by atoms with E-state index >= 15 is 0 Å². The Kier molecular flexibility index (Phi) is 6.24. The Labute approximate surface area is 134 Å². The van der Waals surface area contributed by atoms with Gasteiger partial charge in [-0.05, 0) is 55.3 Å². The first-order valence-electron chi connectivity index (χ1n) is 6.80. The van der Waals surface area contributed by atoms with E-state index in [1.165, 1.54) is 18.9 Å². The van der Waals surface area contributed by atoms with Crippen LogP contribution in [-0.4, -0.2) is 31.1 Å². The smallest absolute Gasteiger partial charge is 0.161 e. The van der Waals surface area contributed by atoms with Gasteiger partial charge in [-0.25, -0.2) is 4.98 Å². The lowest BCUT2D eigenvalue weighted by Crippen LogP contribution is -2.03. The minimum absolute atomic E-state index is 0.00997. The normalized spacial score (nSPS) is 10.3. The van der Waals surface area contributed by atoms with Crippen LogP contribution in [-0.2, 0) is 4.74 Å². The Hall–Kier alpha value is -2.05. The summed E-state index contributed by atoms with van der Waals surface area (Å²) in [6.07, 6.45) is 1.57. The number of nitrogens with zero attached hydrogens (tertiary/aromatic N) is 1. The van der Waals surface area contributed by atoms with Crippen LogP contribution in [0, 0.1) is 0 Å². The summed E-state index contributed by atoms with van der Waals surface area (Å²) in [5.41, 5.74) is 0.605. The zero-order valence-corrected chi connectivity index (χ0v) is 13.4. The number of rotatable bonds is 8. The number of ketones is 1. The molecule has 1 aromatic carbocycles. The molecule has 0 aliphatic heterocycles. The first-order valence-corrected chi connectivity index (χ1v) is 7.62. The Morgan fingerprint density at radius 3 is 2.55 bits per heavy atom. The lowest BCUT2D eigenvalue weighted by Gasteiger charge is -2.07. The summed E-state index contributed by atoms with van der Waals surface area (Å²) in [6, 6.07) is 11.3. The van der Waals surface area contributed by atoms with Gasteiger partial charge in [-0.1, -0.05) is 0 Å². The number of pyridine rings is 1. The number of methoxy groups -OCH3 is 1. The molecule has 0 fully saturated rings. The number of anilines is 1. The molecule has 2 aromatic rings. The maximum atomic E-state index is 11.2. The molecule has 0 saturated carbocycles. The highest BCUT2D eigenvalue weighted by molar-refractivity contribution is 8.00. The van der Waals surface area contributed by atoms with E-state index in [1.54, 1.807) is 25.4 Å². The summed E-state index contributed by atoms with van der Waals surface area (Å²) in [4.78, 5) is 16.4. The van der Waals surface area contributed by atoms with E-state index in [9.17, 15) is 4.79 Å². The standard InChI is InChI=1S/C16H18N2O3S/c1-12(19)13-3-8-16(17-11-13)18-22-15-6-4-14(5-7-15)21-10-9-20-2/h3-8,11H,9-10H2,1-2H3,(H,17,18). The molecule has 6 heteroatoms. The molecule has 5 nitrogen and oxygen atoms in total. The summed E-state index contributed by atoms with van der Waals surface area (Å²) >= 11 is 1.45. The van der Waals surface area contributed by atoms with Crippen molar-refractivity contribution in [3.63, 3.8) is 0 Å². The van der Waals surface area contributed by atoms with E-state index < -0.39 is 0 Å². The number of hydrogen-bond donors (Lipinski definition) is 1. The number of hydrogen-bond acceptors (Lipinski definition) is 6. The molecule has 0 aliphatic rings. The van der Waals surface area contributed by atoms with E-state index in [4.69, 9.17) is 9.47 Å². The molecule has 0 bridgehead atoms. The van der Waals surface area contributed by atoms with Gasteiger partial charge in [0, 0.05) is 23.8 Å². The highest BCUT2D eigenvalue weighted by Gasteiger charge is 2.01. The van der Waals surface area contributed by atoms with Crippen LogP contribution < -0.4 is 9.46 Å². The van der Waals surface area contributed by atoms with Gasteiger partial charge in [-0.3, -0.25) is 4.79 Å². The van der Waals surface area contributed by atoms with Crippen molar-refractivity contribution in [2.45, 2.75) is 11.8 Å². The molecule has 22 heavy (non-hydrogen) atoms. The zero-order valence-electron chi connectivity index (χ0n) is 12.5. The molecule has 0 spiro atoms. The number of benzene rings is 1. The summed E-state index contributed by atoms with van der Waals surface area (Å²) in [6.45, 7) is 2.63. The van der Waals surface area contributed by atoms with Crippen molar-refractivity contribution in [1.82, 2.24) is 4.98 Å². The molecule has 0 radical (unpaired) electrons. The van der Waals surface area contributed by atoms with Crippen LogP contribution in [0.3, 0.4) is 0 Å². The zero-order chi connectivity index (χ0) is 15.8. The third kappa shape index (κ3) is 5.05. The van der Waals surface area contributed by atoms with Gasteiger partial charge in [0.15, 0.2) is 5.78 Å². The Morgan fingerprint density at radius 2 is 1.95 bits per heavy atom. The van der Waals surface area contributed by atoms with Crippen LogP contribution in [0.4, 0.5) is 5.82 Å². The highest BCUT2D eigenvalue weighted by Crippen LogP contribution is 2.22. The fourth-order valence-electron chi connectivity index (χ4n) is 1.62. The van der Waals surface area contributed by atoms with Crippen molar-refractivity contribution in [2.24, 2.45) is 0 Å². The second-order valence-electron chi connectivity index (χ2n) is 4.51. The van der Waals surface area contributed by atoms with Crippen LogP contribution in [0.2, 0.25) is 0 Å². The molecule has 0 amide bonds. The number of Topliss-reactive ketones (excluding diaryl/α,β-unsaturated/α-hetero) is 1. The predicted molar refractivity (Wildman–Crippen MR) is 87.5 cm³/mol. The van der Waals surface area contributed by atoms with Crippen molar-refractivity contribution in [3.8, 4) is 5.75 Å². The number of carbonyl (C=O) groups excluding carboxylic acids is 1. The molecule has 1 N–H and O–H groups in total.